The molecule has 0 spiro atoms. The number of para-hydroxylation sites is 1. The van der Waals surface area contributed by atoms with Gasteiger partial charge in [-0.1, -0.05) is 24.3 Å². The van der Waals surface area contributed by atoms with Gasteiger partial charge in [-0.15, -0.1) is 0 Å². The van der Waals surface area contributed by atoms with E-state index in [9.17, 15) is 14.4 Å². The number of carbonyl (C=O) groups excluding carboxylic acids is 3. The summed E-state index contributed by atoms with van der Waals surface area (Å²) in [6.07, 6.45) is 1.56. The highest BCUT2D eigenvalue weighted by Crippen LogP contribution is 2.23. The number of nitrogens with zero attached hydrogens (tertiary/aromatic N) is 1. The summed E-state index contributed by atoms with van der Waals surface area (Å²) in [6.45, 7) is 0.413. The third kappa shape index (κ3) is 4.78. The number of halogens is 1. The summed E-state index contributed by atoms with van der Waals surface area (Å²) in [5.41, 5.74) is 1.73. The molecule has 5 nitrogen and oxygen atoms in total. The van der Waals surface area contributed by atoms with Crippen LogP contribution in [0.25, 0.3) is 0 Å². The van der Waals surface area contributed by atoms with Crippen LogP contribution in [0, 0.1) is 0 Å². The van der Waals surface area contributed by atoms with Gasteiger partial charge in [0.1, 0.15) is 0 Å². The SMILES string of the molecule is O=C(CSCCCCN1C(=O)c2ccccc2C1=O)Nc1ccccc1Br. The van der Waals surface area contributed by atoms with Crippen molar-refractivity contribution >= 4 is 51.1 Å². The van der Waals surface area contributed by atoms with Gasteiger partial charge in [0.25, 0.3) is 11.8 Å². The first-order chi connectivity index (χ1) is 13.1. The van der Waals surface area contributed by atoms with Crippen LogP contribution in [0.3, 0.4) is 0 Å². The second kappa shape index (κ2) is 9.19. The molecule has 0 fully saturated rings. The Kier molecular flexibility index (Phi) is 6.68. The predicted octanol–water partition coefficient (Wildman–Crippen LogP) is 4.20. The minimum atomic E-state index is -0.212. The lowest BCUT2D eigenvalue weighted by Crippen LogP contribution is -2.30. The summed E-state index contributed by atoms with van der Waals surface area (Å²) in [6, 6.07) is 14.4. The van der Waals surface area contributed by atoms with Crippen molar-refractivity contribution in [3.63, 3.8) is 0 Å². The second-order valence-corrected chi connectivity index (χ2v) is 8.05. The Hall–Kier alpha value is -2.12. The molecule has 3 amide bonds. The van der Waals surface area contributed by atoms with E-state index in [4.69, 9.17) is 0 Å². The Morgan fingerprint density at radius 2 is 1.59 bits per heavy atom. The van der Waals surface area contributed by atoms with Gasteiger partial charge >= 0.3 is 0 Å². The first kappa shape index (κ1) is 19.6. The van der Waals surface area contributed by atoms with Gasteiger partial charge in [-0.05, 0) is 58.8 Å². The molecule has 2 aromatic rings. The van der Waals surface area contributed by atoms with Gasteiger partial charge in [0.2, 0.25) is 5.91 Å². The largest absolute Gasteiger partial charge is 0.324 e. The summed E-state index contributed by atoms with van der Waals surface area (Å²) < 4.78 is 0.851. The maximum absolute atomic E-state index is 12.3. The van der Waals surface area contributed by atoms with Crippen LogP contribution in [0.5, 0.6) is 0 Å². The zero-order chi connectivity index (χ0) is 19.2. The third-order valence-electron chi connectivity index (χ3n) is 4.18. The highest BCUT2D eigenvalue weighted by atomic mass is 79.9. The van der Waals surface area contributed by atoms with Crippen LogP contribution >= 0.6 is 27.7 Å². The van der Waals surface area contributed by atoms with Crippen molar-refractivity contribution in [1.82, 2.24) is 4.90 Å². The molecule has 0 saturated carbocycles. The van der Waals surface area contributed by atoms with E-state index in [1.807, 2.05) is 24.3 Å². The normalized spacial score (nSPS) is 13.0. The van der Waals surface area contributed by atoms with Crippen LogP contribution in [0.15, 0.2) is 53.0 Å². The first-order valence-electron chi connectivity index (χ1n) is 8.65. The third-order valence-corrected chi connectivity index (χ3v) is 5.91. The zero-order valence-corrected chi connectivity index (χ0v) is 17.0. The summed E-state index contributed by atoms with van der Waals surface area (Å²) in [5, 5.41) is 2.86. The number of hydrogen-bond acceptors (Lipinski definition) is 4. The molecule has 27 heavy (non-hydrogen) atoms. The Labute approximate surface area is 170 Å². The number of benzene rings is 2. The van der Waals surface area contributed by atoms with E-state index in [0.717, 1.165) is 28.8 Å². The topological polar surface area (TPSA) is 66.5 Å². The van der Waals surface area contributed by atoms with E-state index >= 15 is 0 Å². The fourth-order valence-corrected chi connectivity index (χ4v) is 4.02. The molecule has 2 aromatic carbocycles. The molecule has 0 unspecified atom stereocenters. The zero-order valence-electron chi connectivity index (χ0n) is 14.6. The van der Waals surface area contributed by atoms with Gasteiger partial charge in [0.15, 0.2) is 0 Å². The Morgan fingerprint density at radius 1 is 0.963 bits per heavy atom. The van der Waals surface area contributed by atoms with Crippen molar-refractivity contribution in [2.24, 2.45) is 0 Å². The van der Waals surface area contributed by atoms with E-state index in [2.05, 4.69) is 21.2 Å². The summed E-state index contributed by atoms with van der Waals surface area (Å²) in [7, 11) is 0. The van der Waals surface area contributed by atoms with Crippen LogP contribution in [0.2, 0.25) is 0 Å². The molecule has 140 valence electrons. The van der Waals surface area contributed by atoms with Gasteiger partial charge in [0.05, 0.1) is 22.6 Å². The lowest BCUT2D eigenvalue weighted by atomic mass is 10.1. The number of carbonyl (C=O) groups is 3. The number of hydrogen-bond donors (Lipinski definition) is 1. The lowest BCUT2D eigenvalue weighted by Gasteiger charge is -2.13. The van der Waals surface area contributed by atoms with Gasteiger partial charge < -0.3 is 5.32 Å². The van der Waals surface area contributed by atoms with Crippen molar-refractivity contribution in [1.29, 1.82) is 0 Å². The minimum absolute atomic E-state index is 0.0488. The predicted molar refractivity (Wildman–Crippen MR) is 111 cm³/mol. The van der Waals surface area contributed by atoms with Crippen molar-refractivity contribution in [3.05, 3.63) is 64.1 Å². The van der Waals surface area contributed by atoms with Crippen molar-refractivity contribution in [3.8, 4) is 0 Å². The molecule has 0 radical (unpaired) electrons. The van der Waals surface area contributed by atoms with Crippen molar-refractivity contribution in [2.75, 3.05) is 23.4 Å². The highest BCUT2D eigenvalue weighted by Gasteiger charge is 2.34. The molecule has 0 aliphatic carbocycles. The van der Waals surface area contributed by atoms with E-state index < -0.39 is 0 Å². The molecule has 1 aliphatic heterocycles. The monoisotopic (exact) mass is 446 g/mol. The Bertz CT molecular complexity index is 837. The molecule has 3 rings (SSSR count). The number of unbranched alkanes of at least 4 members (excludes halogenated alkanes) is 1. The van der Waals surface area contributed by atoms with Crippen molar-refractivity contribution < 1.29 is 14.4 Å². The summed E-state index contributed by atoms with van der Waals surface area (Å²) >= 11 is 4.94. The molecule has 1 aliphatic rings. The molecule has 1 heterocycles. The number of imide groups is 1. The molecule has 7 heteroatoms. The quantitative estimate of drug-likeness (QED) is 0.487. The average molecular weight is 447 g/mol. The molecular formula is C20H19BrN2O3S. The number of fused-ring (bicyclic) bond motifs is 1. The standard InChI is InChI=1S/C20H19BrN2O3S/c21-16-9-3-4-10-17(16)22-18(24)13-27-12-6-5-11-23-19(25)14-7-1-2-8-15(14)20(23)26/h1-4,7-10H,5-6,11-13H2,(H,22,24). The number of rotatable bonds is 8. The van der Waals surface area contributed by atoms with Gasteiger partial charge in [0, 0.05) is 11.0 Å². The van der Waals surface area contributed by atoms with Gasteiger partial charge in [-0.2, -0.15) is 11.8 Å². The number of anilines is 1. The highest BCUT2D eigenvalue weighted by molar-refractivity contribution is 9.10. The van der Waals surface area contributed by atoms with E-state index in [1.165, 1.54) is 4.90 Å². The fourth-order valence-electron chi connectivity index (χ4n) is 2.83. The molecule has 0 atom stereocenters. The van der Waals surface area contributed by atoms with Gasteiger partial charge in [-0.3, -0.25) is 19.3 Å². The first-order valence-corrected chi connectivity index (χ1v) is 10.6. The maximum atomic E-state index is 12.3. The number of thioether (sulfide) groups is 1. The van der Waals surface area contributed by atoms with Crippen molar-refractivity contribution in [2.45, 2.75) is 12.8 Å². The van der Waals surface area contributed by atoms with E-state index in [1.54, 1.807) is 36.0 Å². The van der Waals surface area contributed by atoms with E-state index in [0.29, 0.717) is 23.4 Å². The number of amides is 3. The maximum Gasteiger partial charge on any atom is 0.261 e. The average Bonchev–Trinajstić information content (AvgIpc) is 2.91. The van der Waals surface area contributed by atoms with Crippen LogP contribution in [0.4, 0.5) is 5.69 Å². The molecule has 0 aromatic heterocycles. The molecule has 0 saturated heterocycles. The van der Waals surface area contributed by atoms with Crippen LogP contribution < -0.4 is 5.32 Å². The number of nitrogens with one attached hydrogen (secondary N) is 1. The van der Waals surface area contributed by atoms with Gasteiger partial charge in [-0.25, -0.2) is 0 Å². The molecular weight excluding hydrogens is 428 g/mol. The summed E-state index contributed by atoms with van der Waals surface area (Å²) in [4.78, 5) is 37.8. The van der Waals surface area contributed by atoms with Crippen LogP contribution in [-0.4, -0.2) is 40.7 Å². The molecule has 1 N–H and O–H groups in total. The minimum Gasteiger partial charge on any atom is -0.324 e. The summed E-state index contributed by atoms with van der Waals surface area (Å²) in [5.74, 6) is 0.695. The Morgan fingerprint density at radius 3 is 2.26 bits per heavy atom. The fraction of sp³-hybridized carbons (Fsp3) is 0.250. The molecule has 0 bridgehead atoms. The van der Waals surface area contributed by atoms with Crippen LogP contribution in [-0.2, 0) is 4.79 Å². The smallest absolute Gasteiger partial charge is 0.261 e. The Balaban J connectivity index is 1.35. The lowest BCUT2D eigenvalue weighted by molar-refractivity contribution is -0.113. The van der Waals surface area contributed by atoms with Crippen LogP contribution in [0.1, 0.15) is 33.6 Å². The second-order valence-electron chi connectivity index (χ2n) is 6.10. The van der Waals surface area contributed by atoms with E-state index in [-0.39, 0.29) is 17.7 Å².